The fraction of sp³-hybridized carbons (Fsp3) is 0.889. The average molecular weight is 234 g/mol. The molecule has 0 atom stereocenters. The van der Waals surface area contributed by atoms with Crippen molar-refractivity contribution in [3.05, 3.63) is 0 Å². The van der Waals surface area contributed by atoms with Gasteiger partial charge < -0.3 is 4.90 Å². The predicted molar refractivity (Wildman–Crippen MR) is 53.5 cm³/mol. The summed E-state index contributed by atoms with van der Waals surface area (Å²) in [5, 5.41) is 0.902. The Labute approximate surface area is 82.4 Å². The Morgan fingerprint density at radius 2 is 2.00 bits per heavy atom. The first kappa shape index (κ1) is 10.0. The molecule has 12 heavy (non-hydrogen) atoms. The van der Waals surface area contributed by atoms with Crippen molar-refractivity contribution in [2.75, 3.05) is 18.4 Å². The molecule has 70 valence electrons. The van der Waals surface area contributed by atoms with Crippen molar-refractivity contribution < 1.29 is 4.79 Å². The van der Waals surface area contributed by atoms with E-state index in [0.717, 1.165) is 31.3 Å². The molecule has 0 radical (unpaired) electrons. The van der Waals surface area contributed by atoms with Crippen LogP contribution in [-0.2, 0) is 4.79 Å². The standard InChI is InChI=1S/C9H16BrNO/c10-6-8-11-7-4-2-1-3-5-9(11)12/h1-8H2. The first-order valence-corrected chi connectivity index (χ1v) is 5.80. The predicted octanol–water partition coefficient (Wildman–Crippen LogP) is 2.17. The van der Waals surface area contributed by atoms with E-state index in [2.05, 4.69) is 15.9 Å². The van der Waals surface area contributed by atoms with Crippen molar-refractivity contribution in [3.8, 4) is 0 Å². The smallest absolute Gasteiger partial charge is 0.222 e. The van der Waals surface area contributed by atoms with Crippen LogP contribution in [0.4, 0.5) is 0 Å². The molecule has 0 aliphatic carbocycles. The van der Waals surface area contributed by atoms with E-state index in [1.54, 1.807) is 0 Å². The molecule has 2 nitrogen and oxygen atoms in total. The summed E-state index contributed by atoms with van der Waals surface area (Å²) in [7, 11) is 0. The maximum Gasteiger partial charge on any atom is 0.222 e. The Balaban J connectivity index is 2.37. The lowest BCUT2D eigenvalue weighted by atomic mass is 10.1. The summed E-state index contributed by atoms with van der Waals surface area (Å²) in [4.78, 5) is 13.4. The molecule has 1 heterocycles. The Hall–Kier alpha value is -0.0500. The Kier molecular flexibility index (Phi) is 4.66. The number of nitrogens with zero attached hydrogens (tertiary/aromatic N) is 1. The summed E-state index contributed by atoms with van der Waals surface area (Å²) in [5.74, 6) is 0.342. The maximum absolute atomic E-state index is 11.5. The summed E-state index contributed by atoms with van der Waals surface area (Å²) in [5.41, 5.74) is 0. The first-order chi connectivity index (χ1) is 5.84. The molecule has 1 aliphatic rings. The second-order valence-electron chi connectivity index (χ2n) is 3.23. The van der Waals surface area contributed by atoms with Gasteiger partial charge in [0.25, 0.3) is 0 Å². The van der Waals surface area contributed by atoms with Crippen LogP contribution in [0, 0.1) is 0 Å². The minimum atomic E-state index is 0.342. The van der Waals surface area contributed by atoms with Gasteiger partial charge in [-0.15, -0.1) is 0 Å². The molecule has 1 saturated heterocycles. The van der Waals surface area contributed by atoms with Crippen LogP contribution in [0.15, 0.2) is 0 Å². The molecule has 0 unspecified atom stereocenters. The van der Waals surface area contributed by atoms with Crippen molar-refractivity contribution in [1.29, 1.82) is 0 Å². The van der Waals surface area contributed by atoms with E-state index in [9.17, 15) is 4.79 Å². The summed E-state index contributed by atoms with van der Waals surface area (Å²) in [6, 6.07) is 0. The molecule has 0 aromatic carbocycles. The number of hydrogen-bond donors (Lipinski definition) is 0. The number of amides is 1. The number of rotatable bonds is 2. The van der Waals surface area contributed by atoms with E-state index in [1.165, 1.54) is 19.3 Å². The Bertz CT molecular complexity index is 149. The highest BCUT2D eigenvalue weighted by Crippen LogP contribution is 2.11. The van der Waals surface area contributed by atoms with Gasteiger partial charge in [-0.1, -0.05) is 28.8 Å². The fourth-order valence-corrected chi connectivity index (χ4v) is 1.98. The number of hydrogen-bond acceptors (Lipinski definition) is 1. The summed E-state index contributed by atoms with van der Waals surface area (Å²) >= 11 is 3.36. The second kappa shape index (κ2) is 5.57. The van der Waals surface area contributed by atoms with Gasteiger partial charge in [0.05, 0.1) is 0 Å². The van der Waals surface area contributed by atoms with Gasteiger partial charge >= 0.3 is 0 Å². The zero-order chi connectivity index (χ0) is 8.81. The highest BCUT2D eigenvalue weighted by molar-refractivity contribution is 9.09. The number of carbonyl (C=O) groups is 1. The molecule has 0 bridgehead atoms. The summed E-state index contributed by atoms with van der Waals surface area (Å²) in [6.45, 7) is 1.84. The average Bonchev–Trinajstić information content (AvgIpc) is 2.05. The molecule has 1 aliphatic heterocycles. The topological polar surface area (TPSA) is 20.3 Å². The van der Waals surface area contributed by atoms with Crippen molar-refractivity contribution in [3.63, 3.8) is 0 Å². The van der Waals surface area contributed by atoms with Crippen LogP contribution in [-0.4, -0.2) is 29.2 Å². The molecule has 1 rings (SSSR count). The Morgan fingerprint density at radius 3 is 2.75 bits per heavy atom. The zero-order valence-corrected chi connectivity index (χ0v) is 8.98. The maximum atomic E-state index is 11.5. The fourth-order valence-electron chi connectivity index (χ4n) is 1.55. The van der Waals surface area contributed by atoms with Crippen molar-refractivity contribution >= 4 is 21.8 Å². The van der Waals surface area contributed by atoms with Crippen molar-refractivity contribution in [1.82, 2.24) is 4.90 Å². The van der Waals surface area contributed by atoms with Gasteiger partial charge in [-0.05, 0) is 12.8 Å². The molecule has 0 spiro atoms. The zero-order valence-electron chi connectivity index (χ0n) is 7.39. The Morgan fingerprint density at radius 1 is 1.25 bits per heavy atom. The van der Waals surface area contributed by atoms with E-state index in [4.69, 9.17) is 0 Å². The summed E-state index contributed by atoms with van der Waals surface area (Å²) in [6.07, 6.45) is 5.53. The molecule has 0 aromatic heterocycles. The first-order valence-electron chi connectivity index (χ1n) is 4.68. The minimum Gasteiger partial charge on any atom is -0.342 e. The number of carbonyl (C=O) groups excluding carboxylic acids is 1. The van der Waals surface area contributed by atoms with Gasteiger partial charge in [-0.25, -0.2) is 0 Å². The lowest BCUT2D eigenvalue weighted by Gasteiger charge is -2.23. The van der Waals surface area contributed by atoms with Crippen molar-refractivity contribution in [2.45, 2.75) is 32.1 Å². The van der Waals surface area contributed by atoms with E-state index >= 15 is 0 Å². The third-order valence-electron chi connectivity index (χ3n) is 2.28. The van der Waals surface area contributed by atoms with Crippen LogP contribution in [0.25, 0.3) is 0 Å². The van der Waals surface area contributed by atoms with E-state index < -0.39 is 0 Å². The number of halogens is 1. The van der Waals surface area contributed by atoms with Gasteiger partial charge in [-0.2, -0.15) is 0 Å². The lowest BCUT2D eigenvalue weighted by molar-refractivity contribution is -0.131. The number of likely N-dealkylation sites (tertiary alicyclic amines) is 1. The minimum absolute atomic E-state index is 0.342. The van der Waals surface area contributed by atoms with Gasteiger partial charge in [-0.3, -0.25) is 4.79 Å². The van der Waals surface area contributed by atoms with E-state index in [-0.39, 0.29) is 0 Å². The summed E-state index contributed by atoms with van der Waals surface area (Å²) < 4.78 is 0. The van der Waals surface area contributed by atoms with Crippen LogP contribution in [0.1, 0.15) is 32.1 Å². The molecule has 0 aromatic rings. The molecule has 1 amide bonds. The van der Waals surface area contributed by atoms with Crippen LogP contribution in [0.3, 0.4) is 0 Å². The van der Waals surface area contributed by atoms with Crippen molar-refractivity contribution in [2.24, 2.45) is 0 Å². The van der Waals surface area contributed by atoms with E-state index in [0.29, 0.717) is 5.91 Å². The van der Waals surface area contributed by atoms with Crippen LogP contribution in [0.2, 0.25) is 0 Å². The highest BCUT2D eigenvalue weighted by atomic mass is 79.9. The van der Waals surface area contributed by atoms with Crippen LogP contribution >= 0.6 is 15.9 Å². The normalized spacial score (nSPS) is 20.4. The van der Waals surface area contributed by atoms with Gasteiger partial charge in [0.1, 0.15) is 0 Å². The largest absolute Gasteiger partial charge is 0.342 e. The van der Waals surface area contributed by atoms with Gasteiger partial charge in [0.2, 0.25) is 5.91 Å². The molecular formula is C9H16BrNO. The molecule has 0 saturated carbocycles. The molecular weight excluding hydrogens is 218 g/mol. The molecule has 3 heteroatoms. The third-order valence-corrected chi connectivity index (χ3v) is 2.63. The van der Waals surface area contributed by atoms with Gasteiger partial charge in [0, 0.05) is 24.8 Å². The molecule has 1 fully saturated rings. The third kappa shape index (κ3) is 3.13. The van der Waals surface area contributed by atoms with Gasteiger partial charge in [0.15, 0.2) is 0 Å². The second-order valence-corrected chi connectivity index (χ2v) is 4.03. The lowest BCUT2D eigenvalue weighted by Crippen LogP contribution is -2.34. The monoisotopic (exact) mass is 233 g/mol. The quantitative estimate of drug-likeness (QED) is 0.670. The highest BCUT2D eigenvalue weighted by Gasteiger charge is 2.13. The number of alkyl halides is 1. The van der Waals surface area contributed by atoms with E-state index in [1.807, 2.05) is 4.90 Å². The SMILES string of the molecule is O=C1CCCCCCN1CCBr. The molecule has 0 N–H and O–H groups in total. The van der Waals surface area contributed by atoms with Crippen LogP contribution in [0.5, 0.6) is 0 Å². The van der Waals surface area contributed by atoms with Crippen LogP contribution < -0.4 is 0 Å².